The molecule has 0 aliphatic heterocycles. The van der Waals surface area contributed by atoms with Gasteiger partial charge in [-0.05, 0) is 43.3 Å². The summed E-state index contributed by atoms with van der Waals surface area (Å²) in [5.41, 5.74) is 0.788. The van der Waals surface area contributed by atoms with Crippen molar-refractivity contribution in [3.05, 3.63) is 90.5 Å². The lowest BCUT2D eigenvalue weighted by molar-refractivity contribution is 0.101. The van der Waals surface area contributed by atoms with Crippen LogP contribution in [0.1, 0.15) is 17.3 Å². The van der Waals surface area contributed by atoms with Crippen LogP contribution in [0.5, 0.6) is 11.5 Å². The van der Waals surface area contributed by atoms with Gasteiger partial charge in [0.15, 0.2) is 5.78 Å². The molecule has 0 radical (unpaired) electrons. The van der Waals surface area contributed by atoms with Crippen molar-refractivity contribution in [3.63, 3.8) is 0 Å². The molecule has 0 spiro atoms. The number of hydrogen-bond donors (Lipinski definition) is 1. The topological polar surface area (TPSA) is 64.6 Å². The van der Waals surface area contributed by atoms with Gasteiger partial charge in [0.05, 0.1) is 5.69 Å². The Bertz CT molecular complexity index is 883. The van der Waals surface area contributed by atoms with E-state index in [2.05, 4.69) is 5.09 Å². The molecular formula is C20H18NO4P. The first kappa shape index (κ1) is 17.8. The molecule has 0 bridgehead atoms. The average Bonchev–Trinajstić information content (AvgIpc) is 2.63. The fourth-order valence-corrected chi connectivity index (χ4v) is 3.76. The summed E-state index contributed by atoms with van der Waals surface area (Å²) in [7, 11) is -3.85. The van der Waals surface area contributed by atoms with Gasteiger partial charge in [0.25, 0.3) is 0 Å². The Kier molecular flexibility index (Phi) is 5.40. The van der Waals surface area contributed by atoms with E-state index in [-0.39, 0.29) is 5.78 Å². The standard InChI is InChI=1S/C20H18NO4P/c1-16(22)19-14-8-9-15-20(19)21-26(23,24-17-10-4-2-5-11-17)25-18-12-6-3-7-13-18/h2-15H,1H3,(H,21,23). The highest BCUT2D eigenvalue weighted by atomic mass is 31.2. The van der Waals surface area contributed by atoms with Gasteiger partial charge in [-0.15, -0.1) is 0 Å². The van der Waals surface area contributed by atoms with Crippen LogP contribution in [-0.2, 0) is 4.57 Å². The Morgan fingerprint density at radius 1 is 0.769 bits per heavy atom. The molecule has 3 aromatic carbocycles. The van der Waals surface area contributed by atoms with Crippen molar-refractivity contribution >= 4 is 19.2 Å². The fraction of sp³-hybridized carbons (Fsp3) is 0.0500. The molecule has 26 heavy (non-hydrogen) atoms. The molecule has 0 saturated carbocycles. The molecule has 3 rings (SSSR count). The van der Waals surface area contributed by atoms with Crippen molar-refractivity contribution in [1.29, 1.82) is 0 Å². The first-order valence-electron chi connectivity index (χ1n) is 8.03. The summed E-state index contributed by atoms with van der Waals surface area (Å²) in [6.07, 6.45) is 0. The van der Waals surface area contributed by atoms with Gasteiger partial charge >= 0.3 is 7.75 Å². The molecule has 0 atom stereocenters. The number of Topliss-reactive ketones (excluding diaryl/α,β-unsaturated/α-hetero) is 1. The van der Waals surface area contributed by atoms with Crippen LogP contribution in [0.4, 0.5) is 5.69 Å². The highest BCUT2D eigenvalue weighted by Crippen LogP contribution is 2.48. The number of ketones is 1. The summed E-state index contributed by atoms with van der Waals surface area (Å²) in [6, 6.07) is 24.2. The molecule has 3 aromatic rings. The van der Waals surface area contributed by atoms with E-state index in [0.29, 0.717) is 22.7 Å². The lowest BCUT2D eigenvalue weighted by Gasteiger charge is -2.22. The number of anilines is 1. The fourth-order valence-electron chi connectivity index (χ4n) is 2.34. The first-order valence-corrected chi connectivity index (χ1v) is 9.58. The van der Waals surface area contributed by atoms with Crippen molar-refractivity contribution in [2.75, 3.05) is 5.09 Å². The summed E-state index contributed by atoms with van der Waals surface area (Å²) >= 11 is 0. The predicted octanol–water partition coefficient (Wildman–Crippen LogP) is 5.57. The number of nitrogens with one attached hydrogen (secondary N) is 1. The van der Waals surface area contributed by atoms with Crippen LogP contribution in [0.3, 0.4) is 0 Å². The molecule has 0 aliphatic carbocycles. The number of benzene rings is 3. The summed E-state index contributed by atoms with van der Waals surface area (Å²) in [5.74, 6) is 0.623. The Labute approximate surface area is 152 Å². The van der Waals surface area contributed by atoms with Crippen molar-refractivity contribution in [2.45, 2.75) is 6.92 Å². The van der Waals surface area contributed by atoms with Crippen LogP contribution in [0.25, 0.3) is 0 Å². The van der Waals surface area contributed by atoms with Crippen LogP contribution in [0, 0.1) is 0 Å². The van der Waals surface area contributed by atoms with Crippen molar-refractivity contribution in [3.8, 4) is 11.5 Å². The Morgan fingerprint density at radius 2 is 1.23 bits per heavy atom. The molecule has 0 saturated heterocycles. The summed E-state index contributed by atoms with van der Waals surface area (Å²) < 4.78 is 24.7. The van der Waals surface area contributed by atoms with Gasteiger partial charge < -0.3 is 9.05 Å². The first-order chi connectivity index (χ1) is 12.6. The normalized spacial score (nSPS) is 10.8. The Morgan fingerprint density at radius 3 is 1.73 bits per heavy atom. The van der Waals surface area contributed by atoms with E-state index < -0.39 is 7.75 Å². The van der Waals surface area contributed by atoms with Crippen molar-refractivity contribution in [1.82, 2.24) is 0 Å². The predicted molar refractivity (Wildman–Crippen MR) is 102 cm³/mol. The van der Waals surface area contributed by atoms with E-state index in [1.165, 1.54) is 6.92 Å². The molecule has 0 fully saturated rings. The monoisotopic (exact) mass is 367 g/mol. The zero-order valence-electron chi connectivity index (χ0n) is 14.2. The second-order valence-corrected chi connectivity index (χ2v) is 7.10. The number of para-hydroxylation sites is 3. The van der Waals surface area contributed by atoms with Gasteiger partial charge in [-0.1, -0.05) is 48.5 Å². The van der Waals surface area contributed by atoms with Crippen LogP contribution in [0.2, 0.25) is 0 Å². The highest BCUT2D eigenvalue weighted by molar-refractivity contribution is 7.56. The molecule has 5 nitrogen and oxygen atoms in total. The summed E-state index contributed by atoms with van der Waals surface area (Å²) in [5, 5.41) is 2.79. The van der Waals surface area contributed by atoms with Gasteiger partial charge in [0, 0.05) is 5.56 Å². The van der Waals surface area contributed by atoms with Crippen LogP contribution >= 0.6 is 7.75 Å². The highest BCUT2D eigenvalue weighted by Gasteiger charge is 2.30. The summed E-state index contributed by atoms with van der Waals surface area (Å²) in [6.45, 7) is 1.45. The molecular weight excluding hydrogens is 349 g/mol. The molecule has 0 aliphatic rings. The number of hydrogen-bond acceptors (Lipinski definition) is 4. The SMILES string of the molecule is CC(=O)c1ccccc1NP(=O)(Oc1ccccc1)Oc1ccccc1. The lowest BCUT2D eigenvalue weighted by Crippen LogP contribution is -2.12. The quantitative estimate of drug-likeness (QED) is 0.437. The summed E-state index contributed by atoms with van der Waals surface area (Å²) in [4.78, 5) is 11.9. The molecule has 132 valence electrons. The zero-order valence-corrected chi connectivity index (χ0v) is 15.1. The van der Waals surface area contributed by atoms with E-state index >= 15 is 0 Å². The second kappa shape index (κ2) is 7.89. The Hall–Kier alpha value is -3.04. The minimum atomic E-state index is -3.85. The molecule has 6 heteroatoms. The van der Waals surface area contributed by atoms with E-state index in [1.807, 2.05) is 12.1 Å². The minimum absolute atomic E-state index is 0.154. The molecule has 0 aromatic heterocycles. The van der Waals surface area contributed by atoms with Gasteiger partial charge in [-0.2, -0.15) is 0 Å². The van der Waals surface area contributed by atoms with E-state index in [0.717, 1.165) is 0 Å². The molecule has 1 N–H and O–H groups in total. The third kappa shape index (κ3) is 4.52. The molecule has 0 heterocycles. The number of carbonyl (C=O) groups excluding carboxylic acids is 1. The van der Waals surface area contributed by atoms with Gasteiger partial charge in [0.2, 0.25) is 0 Å². The number of rotatable bonds is 7. The third-order valence-electron chi connectivity index (χ3n) is 3.50. The van der Waals surface area contributed by atoms with Gasteiger partial charge in [-0.25, -0.2) is 4.57 Å². The zero-order chi connectivity index (χ0) is 18.4. The van der Waals surface area contributed by atoms with Crippen molar-refractivity contribution < 1.29 is 18.4 Å². The smallest absolute Gasteiger partial charge is 0.400 e. The molecule has 0 amide bonds. The lowest BCUT2D eigenvalue weighted by atomic mass is 10.1. The second-order valence-electron chi connectivity index (χ2n) is 5.52. The van der Waals surface area contributed by atoms with E-state index in [9.17, 15) is 9.36 Å². The maximum Gasteiger partial charge on any atom is 0.541 e. The van der Waals surface area contributed by atoms with Crippen molar-refractivity contribution in [2.24, 2.45) is 0 Å². The maximum atomic E-state index is 13.4. The van der Waals surface area contributed by atoms with Crippen LogP contribution in [0.15, 0.2) is 84.9 Å². The minimum Gasteiger partial charge on any atom is -0.400 e. The molecule has 0 unspecified atom stereocenters. The van der Waals surface area contributed by atoms with Gasteiger partial charge in [0.1, 0.15) is 11.5 Å². The van der Waals surface area contributed by atoms with Gasteiger partial charge in [-0.3, -0.25) is 9.88 Å². The van der Waals surface area contributed by atoms with Crippen LogP contribution in [-0.4, -0.2) is 5.78 Å². The Balaban J connectivity index is 1.95. The average molecular weight is 367 g/mol. The number of carbonyl (C=O) groups is 1. The van der Waals surface area contributed by atoms with E-state index in [1.54, 1.807) is 72.8 Å². The largest absolute Gasteiger partial charge is 0.541 e. The van der Waals surface area contributed by atoms with Crippen LogP contribution < -0.4 is 14.1 Å². The third-order valence-corrected chi connectivity index (χ3v) is 4.92. The maximum absolute atomic E-state index is 13.4. The van der Waals surface area contributed by atoms with E-state index in [4.69, 9.17) is 9.05 Å².